The summed E-state index contributed by atoms with van der Waals surface area (Å²) in [5.41, 5.74) is 0.681. The third-order valence-corrected chi connectivity index (χ3v) is 5.85. The maximum absolute atomic E-state index is 12.7. The minimum atomic E-state index is -3.61. The molecule has 0 fully saturated rings. The number of anilines is 1. The highest BCUT2D eigenvalue weighted by Gasteiger charge is 2.29. The number of unbranched alkanes of at least 4 members (excludes halogenated alkanes) is 1. The van der Waals surface area contributed by atoms with Crippen molar-refractivity contribution in [1.82, 2.24) is 10.3 Å². The molecule has 0 saturated carbocycles. The van der Waals surface area contributed by atoms with Crippen LogP contribution in [0.3, 0.4) is 0 Å². The van der Waals surface area contributed by atoms with Crippen molar-refractivity contribution in [2.45, 2.75) is 50.9 Å². The average Bonchev–Trinajstić information content (AvgIpc) is 3.21. The van der Waals surface area contributed by atoms with Crippen molar-refractivity contribution < 1.29 is 27.8 Å². The Balaban J connectivity index is 2.13. The van der Waals surface area contributed by atoms with Gasteiger partial charge in [-0.3, -0.25) is 4.79 Å². The van der Waals surface area contributed by atoms with Gasteiger partial charge in [0.1, 0.15) is 12.4 Å². The first-order valence-corrected chi connectivity index (χ1v) is 11.5. The van der Waals surface area contributed by atoms with E-state index in [1.165, 1.54) is 6.92 Å². The number of aromatic nitrogens is 1. The van der Waals surface area contributed by atoms with E-state index in [4.69, 9.17) is 10.8 Å². The Kier molecular flexibility index (Phi) is 9.05. The quantitative estimate of drug-likeness (QED) is 0.283. The SMILES string of the molecule is C#CCCCC(O)C(O)C(Cc1ccccc1)NC(=O)c1coc(NS(=O)(=O)CC)n1. The van der Waals surface area contributed by atoms with E-state index in [0.717, 1.165) is 11.8 Å². The fourth-order valence-corrected chi connectivity index (χ4v) is 3.35. The first-order chi connectivity index (χ1) is 14.8. The molecule has 0 radical (unpaired) electrons. The largest absolute Gasteiger partial charge is 0.431 e. The number of rotatable bonds is 12. The Labute approximate surface area is 181 Å². The monoisotopic (exact) mass is 449 g/mol. The molecule has 168 valence electrons. The second kappa shape index (κ2) is 11.5. The van der Waals surface area contributed by atoms with Crippen LogP contribution in [0.5, 0.6) is 0 Å². The molecule has 0 aliphatic carbocycles. The van der Waals surface area contributed by atoms with E-state index < -0.39 is 34.2 Å². The summed E-state index contributed by atoms with van der Waals surface area (Å²) in [6.07, 6.45) is 5.42. The molecule has 3 atom stereocenters. The molecule has 4 N–H and O–H groups in total. The predicted octanol–water partition coefficient (Wildman–Crippen LogP) is 1.30. The highest BCUT2D eigenvalue weighted by molar-refractivity contribution is 7.92. The maximum Gasteiger partial charge on any atom is 0.309 e. The summed E-state index contributed by atoms with van der Waals surface area (Å²) in [6, 6.07) is 8.01. The lowest BCUT2D eigenvalue weighted by Gasteiger charge is -2.27. The van der Waals surface area contributed by atoms with Gasteiger partial charge in [0.15, 0.2) is 5.69 Å². The Morgan fingerprint density at radius 3 is 2.65 bits per heavy atom. The smallest absolute Gasteiger partial charge is 0.309 e. The molecule has 1 amide bonds. The van der Waals surface area contributed by atoms with Crippen LogP contribution in [0.15, 0.2) is 41.0 Å². The lowest BCUT2D eigenvalue weighted by molar-refractivity contribution is -0.00791. The molecule has 10 heteroatoms. The van der Waals surface area contributed by atoms with Gasteiger partial charge >= 0.3 is 6.01 Å². The topological polar surface area (TPSA) is 142 Å². The summed E-state index contributed by atoms with van der Waals surface area (Å²) in [7, 11) is -3.61. The van der Waals surface area contributed by atoms with E-state index in [0.29, 0.717) is 12.8 Å². The minimum absolute atomic E-state index is 0.166. The number of nitrogens with one attached hydrogen (secondary N) is 2. The van der Waals surface area contributed by atoms with Crippen LogP contribution in [-0.2, 0) is 16.4 Å². The highest BCUT2D eigenvalue weighted by atomic mass is 32.2. The number of aliphatic hydroxyl groups excluding tert-OH is 2. The zero-order valence-corrected chi connectivity index (χ0v) is 18.0. The van der Waals surface area contributed by atoms with Crippen molar-refractivity contribution >= 4 is 21.9 Å². The summed E-state index contributed by atoms with van der Waals surface area (Å²) in [4.78, 5) is 16.5. The van der Waals surface area contributed by atoms with Gasteiger partial charge in [0.2, 0.25) is 10.0 Å². The molecular weight excluding hydrogens is 422 g/mol. The number of amides is 1. The van der Waals surface area contributed by atoms with Crippen molar-refractivity contribution in [3.63, 3.8) is 0 Å². The van der Waals surface area contributed by atoms with Crippen molar-refractivity contribution in [2.75, 3.05) is 10.5 Å². The van der Waals surface area contributed by atoms with Gasteiger partial charge in [-0.05, 0) is 31.7 Å². The third kappa shape index (κ3) is 7.71. The van der Waals surface area contributed by atoms with E-state index in [9.17, 15) is 23.4 Å². The zero-order chi connectivity index (χ0) is 22.9. The van der Waals surface area contributed by atoms with Gasteiger partial charge in [-0.2, -0.15) is 4.98 Å². The van der Waals surface area contributed by atoms with Gasteiger partial charge in [0.25, 0.3) is 5.91 Å². The van der Waals surface area contributed by atoms with E-state index in [2.05, 4.69) is 20.9 Å². The van der Waals surface area contributed by atoms with Crippen LogP contribution in [0.2, 0.25) is 0 Å². The minimum Gasteiger partial charge on any atom is -0.431 e. The number of oxazole rings is 1. The van der Waals surface area contributed by atoms with Crippen LogP contribution in [0.4, 0.5) is 6.01 Å². The van der Waals surface area contributed by atoms with Gasteiger partial charge in [-0.15, -0.1) is 12.3 Å². The van der Waals surface area contributed by atoms with Gasteiger partial charge in [0, 0.05) is 6.42 Å². The average molecular weight is 450 g/mol. The van der Waals surface area contributed by atoms with Crippen LogP contribution >= 0.6 is 0 Å². The fraction of sp³-hybridized carbons (Fsp3) is 0.429. The zero-order valence-electron chi connectivity index (χ0n) is 17.2. The molecule has 1 heterocycles. The first kappa shape index (κ1) is 24.4. The third-order valence-electron chi connectivity index (χ3n) is 4.60. The number of benzene rings is 1. The number of carbonyl (C=O) groups excluding carboxylic acids is 1. The summed E-state index contributed by atoms with van der Waals surface area (Å²) in [5.74, 6) is 1.62. The van der Waals surface area contributed by atoms with Gasteiger partial charge in [-0.25, -0.2) is 13.1 Å². The molecule has 3 unspecified atom stereocenters. The van der Waals surface area contributed by atoms with Crippen LogP contribution in [0.1, 0.15) is 42.2 Å². The molecular formula is C21H27N3O6S. The summed E-state index contributed by atoms with van der Waals surface area (Å²) >= 11 is 0. The molecule has 0 bridgehead atoms. The van der Waals surface area contributed by atoms with E-state index in [1.54, 1.807) is 0 Å². The molecule has 31 heavy (non-hydrogen) atoms. The number of sulfonamides is 1. The van der Waals surface area contributed by atoms with Gasteiger partial charge in [-0.1, -0.05) is 30.3 Å². The lowest BCUT2D eigenvalue weighted by Crippen LogP contribution is -2.49. The standard InChI is InChI=1S/C21H27N3O6S/c1-3-5-7-12-18(25)19(26)16(13-15-10-8-6-9-11-15)22-20(27)17-14-30-21(23-17)24-31(28,29)4-2/h1,6,8-11,14,16,18-19,25-26H,4-5,7,12-13H2,2H3,(H,22,27)(H,23,24). The first-order valence-electron chi connectivity index (χ1n) is 9.86. The van der Waals surface area contributed by atoms with Crippen molar-refractivity contribution in [1.29, 1.82) is 0 Å². The molecule has 9 nitrogen and oxygen atoms in total. The maximum atomic E-state index is 12.7. The molecule has 2 rings (SSSR count). The number of terminal acetylenes is 1. The molecule has 1 aromatic heterocycles. The molecule has 1 aromatic carbocycles. The molecule has 2 aromatic rings. The van der Waals surface area contributed by atoms with E-state index in [1.807, 2.05) is 30.3 Å². The van der Waals surface area contributed by atoms with Crippen molar-refractivity contribution in [3.05, 3.63) is 47.9 Å². The summed E-state index contributed by atoms with van der Waals surface area (Å²) in [6.45, 7) is 1.45. The van der Waals surface area contributed by atoms with Gasteiger partial charge in [0.05, 0.1) is 17.9 Å². The normalized spacial score (nSPS) is 14.3. The van der Waals surface area contributed by atoms with Crippen LogP contribution in [-0.4, -0.2) is 53.5 Å². The predicted molar refractivity (Wildman–Crippen MR) is 116 cm³/mol. The molecule has 0 spiro atoms. The highest BCUT2D eigenvalue weighted by Crippen LogP contribution is 2.15. The van der Waals surface area contributed by atoms with E-state index in [-0.39, 0.29) is 30.3 Å². The number of hydrogen-bond donors (Lipinski definition) is 4. The Hall–Kier alpha value is -2.87. The second-order valence-electron chi connectivity index (χ2n) is 6.97. The van der Waals surface area contributed by atoms with Gasteiger partial charge < -0.3 is 19.9 Å². The molecule has 0 saturated heterocycles. The van der Waals surface area contributed by atoms with Crippen LogP contribution in [0, 0.1) is 12.3 Å². The number of hydrogen-bond acceptors (Lipinski definition) is 7. The summed E-state index contributed by atoms with van der Waals surface area (Å²) < 4.78 is 30.4. The Morgan fingerprint density at radius 1 is 1.29 bits per heavy atom. The van der Waals surface area contributed by atoms with Crippen LogP contribution < -0.4 is 10.0 Å². The Bertz CT molecular complexity index is 984. The number of nitrogens with zero attached hydrogens (tertiary/aromatic N) is 1. The van der Waals surface area contributed by atoms with E-state index >= 15 is 0 Å². The summed E-state index contributed by atoms with van der Waals surface area (Å²) in [5, 5.41) is 23.7. The fourth-order valence-electron chi connectivity index (χ4n) is 2.85. The molecule has 0 aliphatic heterocycles. The second-order valence-corrected chi connectivity index (χ2v) is 8.98. The van der Waals surface area contributed by atoms with Crippen molar-refractivity contribution in [2.24, 2.45) is 0 Å². The van der Waals surface area contributed by atoms with Crippen LogP contribution in [0.25, 0.3) is 0 Å². The number of carbonyl (C=O) groups is 1. The Morgan fingerprint density at radius 2 is 2.00 bits per heavy atom. The number of aliphatic hydroxyl groups is 2. The van der Waals surface area contributed by atoms with Crippen molar-refractivity contribution in [3.8, 4) is 12.3 Å². The lowest BCUT2D eigenvalue weighted by atomic mass is 9.95. The molecule has 0 aliphatic rings.